The van der Waals surface area contributed by atoms with Crippen LogP contribution in [0, 0.1) is 11.3 Å². The number of halogens is 1. The molecule has 0 aliphatic carbocycles. The Balaban J connectivity index is 0.00000289. The summed E-state index contributed by atoms with van der Waals surface area (Å²) in [6.07, 6.45) is 0.338. The first-order chi connectivity index (χ1) is 16.6. The second-order valence-corrected chi connectivity index (χ2v) is 8.65. The van der Waals surface area contributed by atoms with Crippen molar-refractivity contribution in [2.75, 3.05) is 24.5 Å². The maximum atomic E-state index is 13.0. The zero-order valence-electron chi connectivity index (χ0n) is 19.5. The van der Waals surface area contributed by atoms with Gasteiger partial charge >= 0.3 is 0 Å². The molecule has 1 amide bonds. The molecule has 176 valence electrons. The number of nitriles is 1. The largest absolute Gasteiger partial charge is 0.351 e. The minimum Gasteiger partial charge on any atom is -0.351 e. The van der Waals surface area contributed by atoms with Gasteiger partial charge in [-0.25, -0.2) is 0 Å². The van der Waals surface area contributed by atoms with E-state index < -0.39 is 0 Å². The van der Waals surface area contributed by atoms with Crippen LogP contribution in [0.2, 0.25) is 0 Å². The summed E-state index contributed by atoms with van der Waals surface area (Å²) in [4.78, 5) is 17.2. The van der Waals surface area contributed by atoms with Crippen molar-refractivity contribution < 1.29 is 4.79 Å². The van der Waals surface area contributed by atoms with Gasteiger partial charge in [0.2, 0.25) is 5.91 Å². The number of carbonyl (C=O) groups is 1. The van der Waals surface area contributed by atoms with Crippen molar-refractivity contribution in [3.63, 3.8) is 0 Å². The van der Waals surface area contributed by atoms with Crippen LogP contribution in [0.25, 0.3) is 22.0 Å². The Morgan fingerprint density at radius 1 is 0.943 bits per heavy atom. The highest BCUT2D eigenvalue weighted by molar-refractivity contribution is 6.00. The first-order valence-corrected chi connectivity index (χ1v) is 11.5. The molecule has 1 atom stereocenters. The van der Waals surface area contributed by atoms with Crippen LogP contribution in [0.4, 0.5) is 5.82 Å². The van der Waals surface area contributed by atoms with Crippen LogP contribution in [0.3, 0.4) is 0 Å². The fourth-order valence-corrected chi connectivity index (χ4v) is 4.63. The summed E-state index contributed by atoms with van der Waals surface area (Å²) in [5, 5.41) is 20.4. The summed E-state index contributed by atoms with van der Waals surface area (Å²) < 4.78 is 0. The fraction of sp³-hybridized carbons (Fsp3) is 0.214. The molecule has 7 heteroatoms. The second-order valence-electron chi connectivity index (χ2n) is 8.65. The van der Waals surface area contributed by atoms with Crippen molar-refractivity contribution in [2.45, 2.75) is 19.4 Å². The molecule has 6 nitrogen and oxygen atoms in total. The van der Waals surface area contributed by atoms with E-state index >= 15 is 0 Å². The molecule has 3 aromatic carbocycles. The van der Waals surface area contributed by atoms with E-state index in [1.807, 2.05) is 47.4 Å². The number of amides is 1. The van der Waals surface area contributed by atoms with Crippen LogP contribution in [0.5, 0.6) is 0 Å². The molecular formula is C28H26ClN5O. The lowest BCUT2D eigenvalue weighted by atomic mass is 10.0. The van der Waals surface area contributed by atoms with E-state index in [1.54, 1.807) is 12.1 Å². The molecule has 5 rings (SSSR count). The molecule has 1 fully saturated rings. The number of anilines is 1. The molecule has 1 aliphatic heterocycles. The van der Waals surface area contributed by atoms with Gasteiger partial charge in [-0.2, -0.15) is 5.26 Å². The number of hydrogen-bond donors (Lipinski definition) is 0. The Morgan fingerprint density at radius 2 is 1.63 bits per heavy atom. The van der Waals surface area contributed by atoms with Gasteiger partial charge in [0.15, 0.2) is 5.82 Å². The monoisotopic (exact) mass is 483 g/mol. The van der Waals surface area contributed by atoms with Crippen molar-refractivity contribution >= 4 is 34.9 Å². The average molecular weight is 484 g/mol. The number of piperazine rings is 1. The number of nitrogens with zero attached hydrogens (tertiary/aromatic N) is 5. The van der Waals surface area contributed by atoms with Crippen LogP contribution in [0.15, 0.2) is 78.9 Å². The minimum absolute atomic E-state index is 0. The highest BCUT2D eigenvalue weighted by Gasteiger charge is 2.29. The number of fused-ring (bicyclic) bond motifs is 1. The van der Waals surface area contributed by atoms with Crippen LogP contribution >= 0.6 is 12.4 Å². The summed E-state index contributed by atoms with van der Waals surface area (Å²) in [7, 11) is 0. The molecule has 0 bridgehead atoms. The third-order valence-corrected chi connectivity index (χ3v) is 6.40. The van der Waals surface area contributed by atoms with E-state index in [-0.39, 0.29) is 24.4 Å². The van der Waals surface area contributed by atoms with Gasteiger partial charge in [-0.15, -0.1) is 22.6 Å². The summed E-state index contributed by atoms with van der Waals surface area (Å²) in [5.41, 5.74) is 3.45. The van der Waals surface area contributed by atoms with E-state index in [9.17, 15) is 4.79 Å². The van der Waals surface area contributed by atoms with Crippen LogP contribution in [0.1, 0.15) is 18.1 Å². The van der Waals surface area contributed by atoms with E-state index in [4.69, 9.17) is 5.26 Å². The SMILES string of the molecule is C[C@H]1CN(c2nnc(-c3ccccc3)c3ccccc23)CCN1C(=O)Cc1ccc(C#N)cc1.Cl. The molecule has 0 radical (unpaired) electrons. The normalized spacial score (nSPS) is 15.4. The van der Waals surface area contributed by atoms with Gasteiger partial charge in [-0.3, -0.25) is 4.79 Å². The van der Waals surface area contributed by atoms with E-state index in [0.29, 0.717) is 31.6 Å². The maximum Gasteiger partial charge on any atom is 0.227 e. The third kappa shape index (κ3) is 4.96. The smallest absolute Gasteiger partial charge is 0.227 e. The minimum atomic E-state index is 0. The summed E-state index contributed by atoms with van der Waals surface area (Å²) in [6, 6.07) is 27.8. The summed E-state index contributed by atoms with van der Waals surface area (Å²) >= 11 is 0. The van der Waals surface area contributed by atoms with Crippen molar-refractivity contribution in [3.8, 4) is 17.3 Å². The van der Waals surface area contributed by atoms with Gasteiger partial charge in [0.25, 0.3) is 0 Å². The van der Waals surface area contributed by atoms with Gasteiger partial charge in [-0.1, -0.05) is 66.7 Å². The van der Waals surface area contributed by atoms with Crippen LogP contribution in [-0.4, -0.2) is 46.7 Å². The summed E-state index contributed by atoms with van der Waals surface area (Å²) in [5.74, 6) is 0.966. The summed E-state index contributed by atoms with van der Waals surface area (Å²) in [6.45, 7) is 4.11. The number of carbonyl (C=O) groups excluding carboxylic acids is 1. The number of rotatable bonds is 4. The Labute approximate surface area is 211 Å². The van der Waals surface area contributed by atoms with Gasteiger partial charge < -0.3 is 9.80 Å². The number of aromatic nitrogens is 2. The van der Waals surface area contributed by atoms with Crippen molar-refractivity contribution in [2.24, 2.45) is 0 Å². The standard InChI is InChI=1S/C28H25N5O.ClH/c1-20-19-32(15-16-33(20)26(34)17-21-11-13-22(18-29)14-12-21)28-25-10-6-5-9-24(25)27(30-31-28)23-7-3-2-4-8-23;/h2-14,20H,15-17,19H2,1H3;1H/t20-;/m0./s1. The Kier molecular flexibility index (Phi) is 7.28. The molecular weight excluding hydrogens is 458 g/mol. The average Bonchev–Trinajstić information content (AvgIpc) is 2.89. The lowest BCUT2D eigenvalue weighted by molar-refractivity contribution is -0.132. The molecule has 1 aliphatic rings. The highest BCUT2D eigenvalue weighted by Crippen LogP contribution is 2.32. The molecule has 35 heavy (non-hydrogen) atoms. The van der Waals surface area contributed by atoms with Crippen LogP contribution in [-0.2, 0) is 11.2 Å². The molecule has 4 aromatic rings. The molecule has 0 N–H and O–H groups in total. The Bertz CT molecular complexity index is 1370. The fourth-order valence-electron chi connectivity index (χ4n) is 4.63. The maximum absolute atomic E-state index is 13.0. The molecule has 0 saturated carbocycles. The quantitative estimate of drug-likeness (QED) is 0.414. The van der Waals surface area contributed by atoms with Gasteiger partial charge in [0.1, 0.15) is 5.69 Å². The Morgan fingerprint density at radius 3 is 2.31 bits per heavy atom. The Hall–Kier alpha value is -3.95. The molecule has 1 saturated heterocycles. The topological polar surface area (TPSA) is 73.1 Å². The van der Waals surface area contributed by atoms with Crippen molar-refractivity contribution in [3.05, 3.63) is 90.0 Å². The molecule has 1 aromatic heterocycles. The zero-order chi connectivity index (χ0) is 23.5. The number of hydrogen-bond acceptors (Lipinski definition) is 5. The van der Waals surface area contributed by atoms with Crippen LogP contribution < -0.4 is 4.90 Å². The van der Waals surface area contributed by atoms with Crippen molar-refractivity contribution in [1.29, 1.82) is 5.26 Å². The lowest BCUT2D eigenvalue weighted by Crippen LogP contribution is -2.54. The van der Waals surface area contributed by atoms with E-state index in [1.165, 1.54) is 0 Å². The molecule has 2 heterocycles. The predicted octanol–water partition coefficient (Wildman–Crippen LogP) is 4.87. The van der Waals surface area contributed by atoms with Gasteiger partial charge in [0.05, 0.1) is 18.1 Å². The second kappa shape index (κ2) is 10.5. The zero-order valence-corrected chi connectivity index (χ0v) is 20.3. The number of benzene rings is 3. The van der Waals surface area contributed by atoms with E-state index in [2.05, 4.69) is 52.4 Å². The lowest BCUT2D eigenvalue weighted by Gasteiger charge is -2.40. The predicted molar refractivity (Wildman–Crippen MR) is 140 cm³/mol. The van der Waals surface area contributed by atoms with Gasteiger partial charge in [-0.05, 0) is 24.6 Å². The van der Waals surface area contributed by atoms with Gasteiger partial charge in [0, 0.05) is 42.0 Å². The first kappa shape index (κ1) is 24.2. The van der Waals surface area contributed by atoms with E-state index in [0.717, 1.165) is 33.4 Å². The highest BCUT2D eigenvalue weighted by atomic mass is 35.5. The molecule has 0 unspecified atom stereocenters. The first-order valence-electron chi connectivity index (χ1n) is 11.5. The third-order valence-electron chi connectivity index (χ3n) is 6.40. The molecule has 0 spiro atoms. The van der Waals surface area contributed by atoms with Crippen molar-refractivity contribution in [1.82, 2.24) is 15.1 Å².